The molecule has 1 saturated heterocycles. The van der Waals surface area contributed by atoms with Gasteiger partial charge in [-0.15, -0.1) is 0 Å². The maximum absolute atomic E-state index is 12.8. The molecule has 0 aliphatic carbocycles. The molecular weight excluding hydrogens is 338 g/mol. The molecule has 3 rings (SSSR count). The third kappa shape index (κ3) is 4.74. The molecule has 0 saturated carbocycles. The fourth-order valence-electron chi connectivity index (χ4n) is 3.44. The summed E-state index contributed by atoms with van der Waals surface area (Å²) in [6.07, 6.45) is 0. The van der Waals surface area contributed by atoms with Crippen LogP contribution < -0.4 is 4.90 Å². The summed E-state index contributed by atoms with van der Waals surface area (Å²) in [4.78, 5) is 31.1. The molecule has 1 aliphatic heterocycles. The van der Waals surface area contributed by atoms with Crippen molar-refractivity contribution < 1.29 is 9.59 Å². The minimum atomic E-state index is -0.445. The first-order valence-corrected chi connectivity index (χ1v) is 9.52. The van der Waals surface area contributed by atoms with Crippen LogP contribution in [0.3, 0.4) is 0 Å². The van der Waals surface area contributed by atoms with Crippen LogP contribution in [0.25, 0.3) is 0 Å². The van der Waals surface area contributed by atoms with Gasteiger partial charge in [-0.25, -0.2) is 0 Å². The van der Waals surface area contributed by atoms with E-state index in [9.17, 15) is 9.59 Å². The number of rotatable bonds is 4. The van der Waals surface area contributed by atoms with Gasteiger partial charge in [-0.05, 0) is 37.1 Å². The van der Waals surface area contributed by atoms with E-state index in [0.717, 1.165) is 30.9 Å². The van der Waals surface area contributed by atoms with Crippen LogP contribution in [0.1, 0.15) is 18.1 Å². The monoisotopic (exact) mass is 365 g/mol. The third-order valence-corrected chi connectivity index (χ3v) is 4.97. The number of piperazine rings is 1. The van der Waals surface area contributed by atoms with Crippen molar-refractivity contribution >= 4 is 17.5 Å². The maximum Gasteiger partial charge on any atom is 0.316 e. The van der Waals surface area contributed by atoms with E-state index >= 15 is 0 Å². The lowest BCUT2D eigenvalue weighted by Crippen LogP contribution is -2.53. The molecule has 1 aliphatic rings. The van der Waals surface area contributed by atoms with Crippen LogP contribution in [0.5, 0.6) is 0 Å². The Hall–Kier alpha value is -2.66. The molecule has 2 aromatic rings. The van der Waals surface area contributed by atoms with Crippen LogP contribution >= 0.6 is 0 Å². The number of hydrogen-bond acceptors (Lipinski definition) is 3. The van der Waals surface area contributed by atoms with Crippen molar-refractivity contribution in [2.75, 3.05) is 37.6 Å². The normalized spacial score (nSPS) is 14.8. The second kappa shape index (κ2) is 8.82. The minimum Gasteiger partial charge on any atom is -0.332 e. The van der Waals surface area contributed by atoms with Crippen LogP contribution in [0.2, 0.25) is 0 Å². The number of benzene rings is 2. The summed E-state index contributed by atoms with van der Waals surface area (Å²) >= 11 is 0. The Morgan fingerprint density at radius 1 is 0.963 bits per heavy atom. The smallest absolute Gasteiger partial charge is 0.316 e. The number of carbonyl (C=O) groups excluding carboxylic acids is 2. The van der Waals surface area contributed by atoms with E-state index in [1.165, 1.54) is 5.56 Å². The fourth-order valence-corrected chi connectivity index (χ4v) is 3.44. The summed E-state index contributed by atoms with van der Waals surface area (Å²) in [5, 5.41) is 0. The molecule has 5 heteroatoms. The first-order chi connectivity index (χ1) is 13.1. The zero-order valence-corrected chi connectivity index (χ0v) is 16.1. The van der Waals surface area contributed by atoms with Gasteiger partial charge in [0.25, 0.3) is 0 Å². The first kappa shape index (κ1) is 19.1. The van der Waals surface area contributed by atoms with Crippen molar-refractivity contribution in [1.82, 2.24) is 9.80 Å². The summed E-state index contributed by atoms with van der Waals surface area (Å²) in [7, 11) is 0. The van der Waals surface area contributed by atoms with Gasteiger partial charge in [0.2, 0.25) is 0 Å². The predicted octanol–water partition coefficient (Wildman–Crippen LogP) is 2.69. The van der Waals surface area contributed by atoms with Crippen molar-refractivity contribution in [2.24, 2.45) is 0 Å². The highest BCUT2D eigenvalue weighted by Crippen LogP contribution is 2.17. The average Bonchev–Trinajstić information content (AvgIpc) is 2.69. The number of amides is 2. The Balaban J connectivity index is 1.58. The van der Waals surface area contributed by atoms with Gasteiger partial charge in [-0.1, -0.05) is 42.5 Å². The molecule has 1 heterocycles. The molecular formula is C22H27N3O2. The van der Waals surface area contributed by atoms with Crippen LogP contribution in [0, 0.1) is 6.92 Å². The van der Waals surface area contributed by atoms with Crippen molar-refractivity contribution in [3.8, 4) is 0 Å². The fraction of sp³-hybridized carbons (Fsp3) is 0.364. The molecule has 0 bridgehead atoms. The number of nitrogens with zero attached hydrogens (tertiary/aromatic N) is 3. The van der Waals surface area contributed by atoms with E-state index in [2.05, 4.69) is 17.0 Å². The van der Waals surface area contributed by atoms with Gasteiger partial charge in [0.15, 0.2) is 0 Å². The van der Waals surface area contributed by atoms with Gasteiger partial charge in [-0.2, -0.15) is 0 Å². The topological polar surface area (TPSA) is 43.9 Å². The first-order valence-electron chi connectivity index (χ1n) is 9.52. The summed E-state index contributed by atoms with van der Waals surface area (Å²) in [5.74, 6) is -0.850. The number of carbonyl (C=O) groups is 2. The molecule has 0 atom stereocenters. The molecule has 27 heavy (non-hydrogen) atoms. The Kier molecular flexibility index (Phi) is 6.24. The Labute approximate surface area is 161 Å². The van der Waals surface area contributed by atoms with Gasteiger partial charge in [0, 0.05) is 45.0 Å². The quantitative estimate of drug-likeness (QED) is 0.783. The molecule has 0 N–H and O–H groups in total. The summed E-state index contributed by atoms with van der Waals surface area (Å²) in [6, 6.07) is 18.0. The van der Waals surface area contributed by atoms with Gasteiger partial charge in [0.05, 0.1) is 0 Å². The Morgan fingerprint density at radius 2 is 1.67 bits per heavy atom. The third-order valence-electron chi connectivity index (χ3n) is 4.97. The van der Waals surface area contributed by atoms with Gasteiger partial charge >= 0.3 is 11.8 Å². The lowest BCUT2D eigenvalue weighted by Gasteiger charge is -2.35. The van der Waals surface area contributed by atoms with Gasteiger partial charge < -0.3 is 9.80 Å². The molecule has 1 fully saturated rings. The van der Waals surface area contributed by atoms with Crippen LogP contribution in [-0.2, 0) is 16.1 Å². The number of hydrogen-bond donors (Lipinski definition) is 0. The minimum absolute atomic E-state index is 0.405. The molecule has 0 spiro atoms. The predicted molar refractivity (Wildman–Crippen MR) is 108 cm³/mol. The molecule has 2 aromatic carbocycles. The Morgan fingerprint density at radius 3 is 2.30 bits per heavy atom. The van der Waals surface area contributed by atoms with Crippen molar-refractivity contribution in [2.45, 2.75) is 20.4 Å². The molecule has 2 amide bonds. The lowest BCUT2D eigenvalue weighted by atomic mass is 10.2. The van der Waals surface area contributed by atoms with E-state index < -0.39 is 11.8 Å². The molecule has 0 aromatic heterocycles. The number of anilines is 1. The standard InChI is InChI=1S/C22H27N3O2/c1-3-25(20-11-7-8-18(2)16-20)22(27)21(26)24-14-12-23(13-15-24)17-19-9-5-4-6-10-19/h4-11,16H,3,12-15,17H2,1-2H3. The average molecular weight is 365 g/mol. The maximum atomic E-state index is 12.8. The number of aryl methyl sites for hydroxylation is 1. The molecule has 0 radical (unpaired) electrons. The summed E-state index contributed by atoms with van der Waals surface area (Å²) in [6.45, 7) is 7.96. The Bertz CT molecular complexity index is 783. The largest absolute Gasteiger partial charge is 0.332 e. The highest BCUT2D eigenvalue weighted by molar-refractivity contribution is 6.40. The summed E-state index contributed by atoms with van der Waals surface area (Å²) in [5.41, 5.74) is 3.12. The van der Waals surface area contributed by atoms with E-state index in [0.29, 0.717) is 19.6 Å². The molecule has 142 valence electrons. The van der Waals surface area contributed by atoms with E-state index in [-0.39, 0.29) is 0 Å². The van der Waals surface area contributed by atoms with Gasteiger partial charge in [-0.3, -0.25) is 14.5 Å². The van der Waals surface area contributed by atoms with E-state index in [4.69, 9.17) is 0 Å². The lowest BCUT2D eigenvalue weighted by molar-refractivity contribution is -0.145. The van der Waals surface area contributed by atoms with Crippen molar-refractivity contribution in [1.29, 1.82) is 0 Å². The molecule has 0 unspecified atom stereocenters. The van der Waals surface area contributed by atoms with E-state index in [1.807, 2.05) is 56.3 Å². The van der Waals surface area contributed by atoms with Crippen LogP contribution in [-0.4, -0.2) is 54.3 Å². The SMILES string of the molecule is CCN(C(=O)C(=O)N1CCN(Cc2ccccc2)CC1)c1cccc(C)c1. The van der Waals surface area contributed by atoms with Gasteiger partial charge in [0.1, 0.15) is 0 Å². The van der Waals surface area contributed by atoms with Crippen molar-refractivity contribution in [3.63, 3.8) is 0 Å². The summed E-state index contributed by atoms with van der Waals surface area (Å²) < 4.78 is 0. The second-order valence-electron chi connectivity index (χ2n) is 6.94. The highest BCUT2D eigenvalue weighted by atomic mass is 16.2. The zero-order chi connectivity index (χ0) is 19.2. The second-order valence-corrected chi connectivity index (χ2v) is 6.94. The van der Waals surface area contributed by atoms with Crippen LogP contribution in [0.15, 0.2) is 54.6 Å². The van der Waals surface area contributed by atoms with E-state index in [1.54, 1.807) is 9.80 Å². The van der Waals surface area contributed by atoms with Crippen LogP contribution in [0.4, 0.5) is 5.69 Å². The zero-order valence-electron chi connectivity index (χ0n) is 16.1. The molecule has 5 nitrogen and oxygen atoms in total. The number of likely N-dealkylation sites (N-methyl/N-ethyl adjacent to an activating group) is 1. The highest BCUT2D eigenvalue weighted by Gasteiger charge is 2.29. The van der Waals surface area contributed by atoms with Crippen molar-refractivity contribution in [3.05, 3.63) is 65.7 Å².